The largest absolute Gasteiger partial charge is 0.0776 e. The Morgan fingerprint density at radius 1 is 0.760 bits per heavy atom. The van der Waals surface area contributed by atoms with Gasteiger partial charge in [0.15, 0.2) is 0 Å². The number of benzene rings is 2. The molecular formula is C23H32Si2. The Hall–Kier alpha value is -1.39. The van der Waals surface area contributed by atoms with Gasteiger partial charge in [-0.2, -0.15) is 0 Å². The van der Waals surface area contributed by atoms with Gasteiger partial charge in [0.05, 0.1) is 16.1 Å². The fourth-order valence-corrected chi connectivity index (χ4v) is 6.21. The van der Waals surface area contributed by atoms with Crippen LogP contribution < -0.4 is 10.4 Å². The van der Waals surface area contributed by atoms with Crippen LogP contribution in [-0.2, 0) is 6.42 Å². The Balaban J connectivity index is 2.31. The van der Waals surface area contributed by atoms with Gasteiger partial charge >= 0.3 is 0 Å². The summed E-state index contributed by atoms with van der Waals surface area (Å²) >= 11 is 0. The summed E-state index contributed by atoms with van der Waals surface area (Å²) in [6.07, 6.45) is 3.52. The van der Waals surface area contributed by atoms with E-state index in [2.05, 4.69) is 89.5 Å². The first-order valence-electron chi connectivity index (χ1n) is 9.43. The third-order valence-electron chi connectivity index (χ3n) is 5.36. The highest BCUT2D eigenvalue weighted by Gasteiger charge is 2.25. The van der Waals surface area contributed by atoms with Crippen LogP contribution in [-0.4, -0.2) is 16.1 Å². The molecule has 0 saturated heterocycles. The molecule has 2 aromatic rings. The zero-order valence-electron chi connectivity index (χ0n) is 17.2. The van der Waals surface area contributed by atoms with Gasteiger partial charge in [-0.1, -0.05) is 91.6 Å². The molecule has 2 heteroatoms. The molecule has 0 radical (unpaired) electrons. The van der Waals surface area contributed by atoms with Gasteiger partial charge in [0.1, 0.15) is 0 Å². The third kappa shape index (κ3) is 3.61. The normalized spacial score (nSPS) is 14.5. The van der Waals surface area contributed by atoms with Crippen LogP contribution in [0, 0.1) is 6.92 Å². The Morgan fingerprint density at radius 3 is 1.84 bits per heavy atom. The molecule has 25 heavy (non-hydrogen) atoms. The maximum absolute atomic E-state index is 2.53. The van der Waals surface area contributed by atoms with Crippen LogP contribution >= 0.6 is 0 Å². The summed E-state index contributed by atoms with van der Waals surface area (Å²) in [4.78, 5) is 0. The lowest BCUT2D eigenvalue weighted by Crippen LogP contribution is -2.45. The highest BCUT2D eigenvalue weighted by molar-refractivity contribution is 6.91. The minimum atomic E-state index is -1.36. The number of hydrogen-bond donors (Lipinski definition) is 0. The average Bonchev–Trinajstić information content (AvgIpc) is 2.85. The topological polar surface area (TPSA) is 0 Å². The van der Waals surface area contributed by atoms with E-state index >= 15 is 0 Å². The SMILES string of the molecule is CC1=Cc2c(ccc(C)c2-c2cc([Si](C)(C)C)cc([Si](C)(C)C)c2)C1. The molecule has 1 aliphatic rings. The van der Waals surface area contributed by atoms with Crippen molar-refractivity contribution < 1.29 is 0 Å². The predicted molar refractivity (Wildman–Crippen MR) is 120 cm³/mol. The van der Waals surface area contributed by atoms with Crippen molar-refractivity contribution in [2.45, 2.75) is 59.6 Å². The summed E-state index contributed by atoms with van der Waals surface area (Å²) in [5.41, 5.74) is 8.75. The van der Waals surface area contributed by atoms with Crippen molar-refractivity contribution in [3.05, 3.63) is 52.6 Å². The van der Waals surface area contributed by atoms with Crippen LogP contribution in [0.4, 0.5) is 0 Å². The van der Waals surface area contributed by atoms with Gasteiger partial charge in [0.25, 0.3) is 0 Å². The molecule has 0 amide bonds. The first-order valence-corrected chi connectivity index (χ1v) is 16.4. The van der Waals surface area contributed by atoms with E-state index in [1.807, 2.05) is 0 Å². The Labute approximate surface area is 156 Å². The monoisotopic (exact) mass is 364 g/mol. The second-order valence-electron chi connectivity index (χ2n) is 9.80. The molecule has 3 rings (SSSR count). The second kappa shape index (κ2) is 6.10. The van der Waals surface area contributed by atoms with E-state index in [9.17, 15) is 0 Å². The minimum Gasteiger partial charge on any atom is -0.0683 e. The fraction of sp³-hybridized carbons (Fsp3) is 0.391. The van der Waals surface area contributed by atoms with Crippen LogP contribution in [0.1, 0.15) is 23.6 Å². The summed E-state index contributed by atoms with van der Waals surface area (Å²) < 4.78 is 0. The van der Waals surface area contributed by atoms with Gasteiger partial charge in [-0.25, -0.2) is 0 Å². The van der Waals surface area contributed by atoms with Crippen molar-refractivity contribution in [1.82, 2.24) is 0 Å². The van der Waals surface area contributed by atoms with Gasteiger partial charge in [-0.3, -0.25) is 0 Å². The second-order valence-corrected chi connectivity index (χ2v) is 20.0. The molecule has 0 N–H and O–H groups in total. The molecule has 0 saturated carbocycles. The van der Waals surface area contributed by atoms with Crippen molar-refractivity contribution in [3.63, 3.8) is 0 Å². The number of aryl methyl sites for hydroxylation is 1. The highest BCUT2D eigenvalue weighted by Crippen LogP contribution is 2.36. The van der Waals surface area contributed by atoms with Gasteiger partial charge < -0.3 is 0 Å². The lowest BCUT2D eigenvalue weighted by molar-refractivity contribution is 1.19. The van der Waals surface area contributed by atoms with E-state index < -0.39 is 16.1 Å². The van der Waals surface area contributed by atoms with Crippen LogP contribution in [0.15, 0.2) is 35.9 Å². The first-order chi connectivity index (χ1) is 11.5. The summed E-state index contributed by atoms with van der Waals surface area (Å²) in [5.74, 6) is 0. The van der Waals surface area contributed by atoms with Crippen molar-refractivity contribution >= 4 is 32.6 Å². The molecule has 0 fully saturated rings. The van der Waals surface area contributed by atoms with Crippen LogP contribution in [0.2, 0.25) is 39.3 Å². The van der Waals surface area contributed by atoms with E-state index in [1.165, 1.54) is 33.4 Å². The standard InChI is InChI=1S/C23H32Si2/c1-16-11-18-10-9-17(2)23(22(18)12-16)19-13-20(24(3,4)5)15-21(14-19)25(6,7)8/h9-10,12-15H,11H2,1-8H3. The van der Waals surface area contributed by atoms with E-state index in [0.717, 1.165) is 6.42 Å². The lowest BCUT2D eigenvalue weighted by atomic mass is 9.93. The smallest absolute Gasteiger partial charge is 0.0683 e. The van der Waals surface area contributed by atoms with E-state index in [4.69, 9.17) is 0 Å². The number of rotatable bonds is 3. The molecule has 0 spiro atoms. The molecule has 0 aromatic heterocycles. The molecule has 0 atom stereocenters. The fourth-order valence-electron chi connectivity index (χ4n) is 3.71. The first kappa shape index (κ1) is 18.4. The van der Waals surface area contributed by atoms with Crippen molar-refractivity contribution in [1.29, 1.82) is 0 Å². The maximum Gasteiger partial charge on any atom is 0.0776 e. The predicted octanol–water partition coefficient (Wildman–Crippen LogP) is 5.71. The third-order valence-corrected chi connectivity index (χ3v) is 9.40. The Morgan fingerprint density at radius 2 is 1.32 bits per heavy atom. The van der Waals surface area contributed by atoms with E-state index in [1.54, 1.807) is 10.4 Å². The molecule has 0 unspecified atom stereocenters. The van der Waals surface area contributed by atoms with Gasteiger partial charge in [-0.05, 0) is 48.1 Å². The molecule has 132 valence electrons. The molecular weight excluding hydrogens is 332 g/mol. The Kier molecular flexibility index (Phi) is 4.49. The molecule has 0 aliphatic heterocycles. The molecule has 2 aromatic carbocycles. The van der Waals surface area contributed by atoms with Gasteiger partial charge in [0, 0.05) is 0 Å². The van der Waals surface area contributed by atoms with Crippen LogP contribution in [0.25, 0.3) is 17.2 Å². The molecule has 0 bridgehead atoms. The van der Waals surface area contributed by atoms with E-state index in [0.29, 0.717) is 0 Å². The number of fused-ring (bicyclic) bond motifs is 1. The summed E-state index contributed by atoms with van der Waals surface area (Å²) in [5, 5.41) is 3.19. The average molecular weight is 365 g/mol. The summed E-state index contributed by atoms with van der Waals surface area (Å²) in [7, 11) is -2.71. The minimum absolute atomic E-state index is 1.11. The van der Waals surface area contributed by atoms with Crippen molar-refractivity contribution in [2.24, 2.45) is 0 Å². The Bertz CT molecular complexity index is 827. The number of allylic oxidation sites excluding steroid dienone is 1. The van der Waals surface area contributed by atoms with Crippen molar-refractivity contribution in [2.75, 3.05) is 0 Å². The van der Waals surface area contributed by atoms with Gasteiger partial charge in [-0.15, -0.1) is 0 Å². The van der Waals surface area contributed by atoms with E-state index in [-0.39, 0.29) is 0 Å². The molecule has 0 nitrogen and oxygen atoms in total. The van der Waals surface area contributed by atoms with Crippen molar-refractivity contribution in [3.8, 4) is 11.1 Å². The zero-order valence-corrected chi connectivity index (χ0v) is 19.2. The quantitative estimate of drug-likeness (QED) is 0.612. The molecule has 0 heterocycles. The lowest BCUT2D eigenvalue weighted by Gasteiger charge is -2.25. The number of hydrogen-bond acceptors (Lipinski definition) is 0. The summed E-state index contributed by atoms with van der Waals surface area (Å²) in [6.45, 7) is 19.3. The summed E-state index contributed by atoms with van der Waals surface area (Å²) in [6, 6.07) is 12.2. The van der Waals surface area contributed by atoms with Gasteiger partial charge in [0.2, 0.25) is 0 Å². The zero-order chi connectivity index (χ0) is 18.6. The van der Waals surface area contributed by atoms with Crippen LogP contribution in [0.5, 0.6) is 0 Å². The van der Waals surface area contributed by atoms with Crippen LogP contribution in [0.3, 0.4) is 0 Å². The maximum atomic E-state index is 2.53. The molecule has 1 aliphatic carbocycles. The highest BCUT2D eigenvalue weighted by atomic mass is 28.3.